The van der Waals surface area contributed by atoms with Crippen LogP contribution in [0.5, 0.6) is 5.75 Å². The van der Waals surface area contributed by atoms with Crippen molar-refractivity contribution in [3.05, 3.63) is 18.3 Å². The molecule has 1 heterocycles. The summed E-state index contributed by atoms with van der Waals surface area (Å²) in [5, 5.41) is 0. The molecule has 0 saturated carbocycles. The zero-order valence-corrected chi connectivity index (χ0v) is 8.40. The highest BCUT2D eigenvalue weighted by Gasteiger charge is 1.98. The fourth-order valence-electron chi connectivity index (χ4n) is 1.01. The van der Waals surface area contributed by atoms with Crippen molar-refractivity contribution in [3.63, 3.8) is 0 Å². The average molecular weight is 196 g/mol. The summed E-state index contributed by atoms with van der Waals surface area (Å²) in [5.74, 6) is 1.08. The first-order chi connectivity index (χ1) is 6.84. The maximum atomic E-state index is 5.59. The van der Waals surface area contributed by atoms with Gasteiger partial charge in [-0.15, -0.1) is 0 Å². The lowest BCUT2D eigenvalue weighted by Gasteiger charge is -2.07. The lowest BCUT2D eigenvalue weighted by Crippen LogP contribution is -2.04. The summed E-state index contributed by atoms with van der Waals surface area (Å²) in [6.07, 6.45) is 2.50. The van der Waals surface area contributed by atoms with Gasteiger partial charge in [0.25, 0.3) is 0 Å². The van der Waals surface area contributed by atoms with E-state index < -0.39 is 0 Å². The highest BCUT2D eigenvalue weighted by atomic mass is 16.5. The molecule has 0 aliphatic heterocycles. The standard InChI is InChI=1S/C10H16N2O2/c1-2-13-7-4-8-14-9-5-3-6-12-10(9)11/h3,5-6H,2,4,7-8H2,1H3,(H2,11,12). The van der Waals surface area contributed by atoms with Gasteiger partial charge in [-0.05, 0) is 19.1 Å². The number of aromatic nitrogens is 1. The molecule has 0 bridgehead atoms. The predicted octanol–water partition coefficient (Wildman–Crippen LogP) is 1.47. The van der Waals surface area contributed by atoms with E-state index in [0.29, 0.717) is 18.2 Å². The van der Waals surface area contributed by atoms with Gasteiger partial charge >= 0.3 is 0 Å². The Hall–Kier alpha value is -1.29. The molecule has 0 atom stereocenters. The lowest BCUT2D eigenvalue weighted by molar-refractivity contribution is 0.131. The van der Waals surface area contributed by atoms with Gasteiger partial charge in [0.05, 0.1) is 6.61 Å². The highest BCUT2D eigenvalue weighted by Crippen LogP contribution is 2.16. The molecule has 4 nitrogen and oxygen atoms in total. The largest absolute Gasteiger partial charge is 0.490 e. The number of nitrogens with two attached hydrogens (primary N) is 1. The number of hydrogen-bond acceptors (Lipinski definition) is 4. The number of anilines is 1. The minimum atomic E-state index is 0.434. The van der Waals surface area contributed by atoms with Crippen molar-refractivity contribution in [2.75, 3.05) is 25.6 Å². The molecule has 2 N–H and O–H groups in total. The minimum Gasteiger partial charge on any atom is -0.490 e. The summed E-state index contributed by atoms with van der Waals surface area (Å²) in [4.78, 5) is 3.92. The second-order valence-corrected chi connectivity index (χ2v) is 2.79. The Labute approximate surface area is 84.0 Å². The molecule has 4 heteroatoms. The zero-order chi connectivity index (χ0) is 10.2. The van der Waals surface area contributed by atoms with E-state index in [4.69, 9.17) is 15.2 Å². The number of ether oxygens (including phenoxy) is 2. The fraction of sp³-hybridized carbons (Fsp3) is 0.500. The van der Waals surface area contributed by atoms with Crippen LogP contribution in [-0.2, 0) is 4.74 Å². The topological polar surface area (TPSA) is 57.4 Å². The molecule has 0 unspecified atom stereocenters. The Morgan fingerprint density at radius 3 is 3.00 bits per heavy atom. The van der Waals surface area contributed by atoms with Crippen LogP contribution >= 0.6 is 0 Å². The first kappa shape index (κ1) is 10.8. The molecule has 0 aromatic carbocycles. The Balaban J connectivity index is 2.21. The van der Waals surface area contributed by atoms with Gasteiger partial charge in [0.15, 0.2) is 11.6 Å². The van der Waals surface area contributed by atoms with Gasteiger partial charge in [-0.25, -0.2) is 4.98 Å². The highest BCUT2D eigenvalue weighted by molar-refractivity contribution is 5.44. The molecule has 1 aromatic rings. The molecule has 0 saturated heterocycles. The molecule has 0 fully saturated rings. The Morgan fingerprint density at radius 2 is 2.29 bits per heavy atom. The van der Waals surface area contributed by atoms with Crippen LogP contribution in [0, 0.1) is 0 Å². The van der Waals surface area contributed by atoms with Gasteiger partial charge in [0.1, 0.15) is 0 Å². The maximum Gasteiger partial charge on any atom is 0.166 e. The van der Waals surface area contributed by atoms with Crippen LogP contribution < -0.4 is 10.5 Å². The van der Waals surface area contributed by atoms with Crippen LogP contribution in [0.2, 0.25) is 0 Å². The van der Waals surface area contributed by atoms with Crippen LogP contribution in [0.25, 0.3) is 0 Å². The molecule has 14 heavy (non-hydrogen) atoms. The predicted molar refractivity (Wildman–Crippen MR) is 55.3 cm³/mol. The quantitative estimate of drug-likeness (QED) is 0.700. The number of rotatable bonds is 6. The maximum absolute atomic E-state index is 5.59. The lowest BCUT2D eigenvalue weighted by atomic mass is 10.4. The fourth-order valence-corrected chi connectivity index (χ4v) is 1.01. The van der Waals surface area contributed by atoms with Gasteiger partial charge in [-0.2, -0.15) is 0 Å². The average Bonchev–Trinajstić information content (AvgIpc) is 2.20. The first-order valence-corrected chi connectivity index (χ1v) is 4.75. The molecule has 78 valence electrons. The third-order valence-electron chi connectivity index (χ3n) is 1.69. The van der Waals surface area contributed by atoms with Crippen molar-refractivity contribution < 1.29 is 9.47 Å². The van der Waals surface area contributed by atoms with Crippen molar-refractivity contribution in [3.8, 4) is 5.75 Å². The number of nitrogens with zero attached hydrogens (tertiary/aromatic N) is 1. The molecule has 1 aromatic heterocycles. The van der Waals surface area contributed by atoms with E-state index in [1.165, 1.54) is 0 Å². The SMILES string of the molecule is CCOCCCOc1cccnc1N. The first-order valence-electron chi connectivity index (χ1n) is 4.75. The van der Waals surface area contributed by atoms with E-state index in [2.05, 4.69) is 4.98 Å². The number of pyridine rings is 1. The molecule has 1 rings (SSSR count). The Bertz CT molecular complexity index is 266. The summed E-state index contributed by atoms with van der Waals surface area (Å²) in [6, 6.07) is 3.61. The minimum absolute atomic E-state index is 0.434. The van der Waals surface area contributed by atoms with Gasteiger partial charge in [0.2, 0.25) is 0 Å². The molecule has 0 radical (unpaired) electrons. The summed E-state index contributed by atoms with van der Waals surface area (Å²) < 4.78 is 10.6. The van der Waals surface area contributed by atoms with E-state index in [1.54, 1.807) is 12.3 Å². The molecular weight excluding hydrogens is 180 g/mol. The summed E-state index contributed by atoms with van der Waals surface area (Å²) in [5.41, 5.74) is 5.59. The van der Waals surface area contributed by atoms with Crippen LogP contribution in [0.3, 0.4) is 0 Å². The Morgan fingerprint density at radius 1 is 1.43 bits per heavy atom. The van der Waals surface area contributed by atoms with Crippen molar-refractivity contribution in [2.45, 2.75) is 13.3 Å². The second-order valence-electron chi connectivity index (χ2n) is 2.79. The van der Waals surface area contributed by atoms with E-state index >= 15 is 0 Å². The third kappa shape index (κ3) is 3.62. The molecular formula is C10H16N2O2. The van der Waals surface area contributed by atoms with Crippen LogP contribution in [0.4, 0.5) is 5.82 Å². The van der Waals surface area contributed by atoms with E-state index in [0.717, 1.165) is 19.6 Å². The molecule has 0 aliphatic carbocycles. The summed E-state index contributed by atoms with van der Waals surface area (Å²) >= 11 is 0. The normalized spacial score (nSPS) is 10.1. The van der Waals surface area contributed by atoms with Gasteiger partial charge < -0.3 is 15.2 Å². The van der Waals surface area contributed by atoms with Crippen molar-refractivity contribution >= 4 is 5.82 Å². The van der Waals surface area contributed by atoms with Crippen molar-refractivity contribution in [1.29, 1.82) is 0 Å². The van der Waals surface area contributed by atoms with Crippen LogP contribution in [-0.4, -0.2) is 24.8 Å². The monoisotopic (exact) mass is 196 g/mol. The van der Waals surface area contributed by atoms with Gasteiger partial charge in [0, 0.05) is 25.8 Å². The van der Waals surface area contributed by atoms with Gasteiger partial charge in [-0.1, -0.05) is 0 Å². The van der Waals surface area contributed by atoms with Crippen LogP contribution in [0.1, 0.15) is 13.3 Å². The van der Waals surface area contributed by atoms with E-state index in [9.17, 15) is 0 Å². The summed E-state index contributed by atoms with van der Waals surface area (Å²) in [7, 11) is 0. The number of hydrogen-bond donors (Lipinski definition) is 1. The molecule has 0 aliphatic rings. The summed E-state index contributed by atoms with van der Waals surface area (Å²) in [6.45, 7) is 4.04. The van der Waals surface area contributed by atoms with Crippen LogP contribution in [0.15, 0.2) is 18.3 Å². The zero-order valence-electron chi connectivity index (χ0n) is 8.40. The van der Waals surface area contributed by atoms with E-state index in [-0.39, 0.29) is 0 Å². The molecule has 0 spiro atoms. The van der Waals surface area contributed by atoms with E-state index in [1.807, 2.05) is 13.0 Å². The molecule has 0 amide bonds. The smallest absolute Gasteiger partial charge is 0.166 e. The van der Waals surface area contributed by atoms with Crippen molar-refractivity contribution in [1.82, 2.24) is 4.98 Å². The Kier molecular flexibility index (Phi) is 4.78. The second kappa shape index (κ2) is 6.21. The number of nitrogen functional groups attached to an aromatic ring is 1. The van der Waals surface area contributed by atoms with Crippen molar-refractivity contribution in [2.24, 2.45) is 0 Å². The van der Waals surface area contributed by atoms with Gasteiger partial charge in [-0.3, -0.25) is 0 Å². The third-order valence-corrected chi connectivity index (χ3v) is 1.69.